The molecule has 26 heavy (non-hydrogen) atoms. The molecule has 0 aromatic carbocycles. The van der Waals surface area contributed by atoms with Crippen LogP contribution in [0.4, 0.5) is 0 Å². The maximum Gasteiger partial charge on any atom is 0.0577 e. The third kappa shape index (κ3) is 2.82. The van der Waals surface area contributed by atoms with Crippen LogP contribution in [0.25, 0.3) is 0 Å². The molecule has 0 bridgehead atoms. The summed E-state index contributed by atoms with van der Waals surface area (Å²) in [6.07, 6.45) is 14.1. The molecule has 0 amide bonds. The van der Waals surface area contributed by atoms with E-state index < -0.39 is 0 Å². The zero-order chi connectivity index (χ0) is 18.5. The molecule has 8 atom stereocenters. The number of aliphatic hydroxyl groups excluding tert-OH is 1. The van der Waals surface area contributed by atoms with Crippen LogP contribution in [0.1, 0.15) is 78.6 Å². The molecule has 3 saturated carbocycles. The van der Waals surface area contributed by atoms with E-state index in [1.807, 2.05) is 0 Å². The number of rotatable bonds is 4. The van der Waals surface area contributed by atoms with E-state index >= 15 is 0 Å². The molecular weight excluding hydrogens is 318 g/mol. The topological polar surface area (TPSA) is 32.3 Å². The average Bonchev–Trinajstić information content (AvgIpc) is 2.97. The lowest BCUT2D eigenvalue weighted by Gasteiger charge is -2.58. The number of fused-ring (bicyclic) bond motifs is 5. The SMILES string of the molecule is CNCC[C@@H](C)[C@H]1CC[C@H]2[C@@H]3CC=C4C[C@@H](O)CC[C@]4(C)[C@H]3CC[C@]12C. The molecule has 0 heterocycles. The Hall–Kier alpha value is -0.340. The van der Waals surface area contributed by atoms with Crippen molar-refractivity contribution in [1.82, 2.24) is 5.32 Å². The van der Waals surface area contributed by atoms with Crippen LogP contribution in [0, 0.1) is 40.4 Å². The Kier molecular flexibility index (Phi) is 5.06. The Bertz CT molecular complexity index is 556. The fraction of sp³-hybridized carbons (Fsp3) is 0.917. The van der Waals surface area contributed by atoms with Gasteiger partial charge in [-0.05, 0) is 112 Å². The van der Waals surface area contributed by atoms with Gasteiger partial charge in [0, 0.05) is 0 Å². The number of hydrogen-bond acceptors (Lipinski definition) is 2. The molecular formula is C24H41NO. The molecule has 0 saturated heterocycles. The van der Waals surface area contributed by atoms with Crippen LogP contribution in [-0.4, -0.2) is 24.8 Å². The van der Waals surface area contributed by atoms with Gasteiger partial charge < -0.3 is 10.4 Å². The predicted octanol–water partition coefficient (Wildman–Crippen LogP) is 5.17. The third-order valence-electron chi connectivity index (χ3n) is 9.69. The summed E-state index contributed by atoms with van der Waals surface area (Å²) >= 11 is 0. The molecule has 0 aromatic heterocycles. The molecule has 4 aliphatic carbocycles. The molecule has 4 aliphatic rings. The van der Waals surface area contributed by atoms with E-state index in [1.54, 1.807) is 5.57 Å². The maximum absolute atomic E-state index is 10.2. The molecule has 0 unspecified atom stereocenters. The zero-order valence-corrected chi connectivity index (χ0v) is 17.6. The van der Waals surface area contributed by atoms with Crippen LogP contribution < -0.4 is 5.32 Å². The number of allylic oxidation sites excluding steroid dienone is 1. The zero-order valence-electron chi connectivity index (χ0n) is 17.6. The van der Waals surface area contributed by atoms with E-state index in [0.717, 1.165) is 49.0 Å². The first-order chi connectivity index (χ1) is 12.4. The minimum absolute atomic E-state index is 0.0800. The van der Waals surface area contributed by atoms with Gasteiger partial charge in [0.2, 0.25) is 0 Å². The summed E-state index contributed by atoms with van der Waals surface area (Å²) < 4.78 is 0. The van der Waals surface area contributed by atoms with Crippen LogP contribution in [0.3, 0.4) is 0 Å². The second kappa shape index (κ2) is 6.92. The van der Waals surface area contributed by atoms with Crippen LogP contribution in [0.2, 0.25) is 0 Å². The second-order valence-corrected chi connectivity index (χ2v) is 10.8. The summed E-state index contributed by atoms with van der Waals surface area (Å²) in [4.78, 5) is 0. The highest BCUT2D eigenvalue weighted by atomic mass is 16.3. The molecule has 2 N–H and O–H groups in total. The van der Waals surface area contributed by atoms with E-state index in [9.17, 15) is 5.11 Å². The van der Waals surface area contributed by atoms with Gasteiger partial charge in [0.25, 0.3) is 0 Å². The minimum Gasteiger partial charge on any atom is -0.393 e. The van der Waals surface area contributed by atoms with E-state index in [4.69, 9.17) is 0 Å². The Balaban J connectivity index is 1.56. The first-order valence-electron chi connectivity index (χ1n) is 11.4. The average molecular weight is 360 g/mol. The molecule has 148 valence electrons. The third-order valence-corrected chi connectivity index (χ3v) is 9.69. The van der Waals surface area contributed by atoms with E-state index in [-0.39, 0.29) is 6.10 Å². The Morgan fingerprint density at radius 2 is 1.96 bits per heavy atom. The number of hydrogen-bond donors (Lipinski definition) is 2. The summed E-state index contributed by atoms with van der Waals surface area (Å²) in [7, 11) is 2.09. The fourth-order valence-corrected chi connectivity index (χ4v) is 8.19. The van der Waals surface area contributed by atoms with Crippen LogP contribution in [0.15, 0.2) is 11.6 Å². The maximum atomic E-state index is 10.2. The Morgan fingerprint density at radius 1 is 1.15 bits per heavy atom. The minimum atomic E-state index is -0.0800. The molecule has 2 heteroatoms. The van der Waals surface area contributed by atoms with Crippen molar-refractivity contribution in [3.63, 3.8) is 0 Å². The summed E-state index contributed by atoms with van der Waals surface area (Å²) in [6, 6.07) is 0. The quantitative estimate of drug-likeness (QED) is 0.679. The van der Waals surface area contributed by atoms with Gasteiger partial charge >= 0.3 is 0 Å². The summed E-state index contributed by atoms with van der Waals surface area (Å²) in [5.74, 6) is 4.49. The van der Waals surface area contributed by atoms with Gasteiger partial charge in [0.15, 0.2) is 0 Å². The molecule has 4 rings (SSSR count). The van der Waals surface area contributed by atoms with E-state index in [2.05, 4.69) is 39.2 Å². The van der Waals surface area contributed by atoms with E-state index in [0.29, 0.717) is 10.8 Å². The Labute approximate surface area is 161 Å². The smallest absolute Gasteiger partial charge is 0.0577 e. The second-order valence-electron chi connectivity index (χ2n) is 10.8. The first-order valence-corrected chi connectivity index (χ1v) is 11.4. The van der Waals surface area contributed by atoms with Gasteiger partial charge in [-0.25, -0.2) is 0 Å². The molecule has 0 aliphatic heterocycles. The van der Waals surface area contributed by atoms with Crippen molar-refractivity contribution in [2.45, 2.75) is 84.7 Å². The summed E-state index contributed by atoms with van der Waals surface area (Å²) in [6.45, 7) is 8.89. The van der Waals surface area contributed by atoms with Gasteiger partial charge in [-0.3, -0.25) is 0 Å². The largest absolute Gasteiger partial charge is 0.393 e. The molecule has 0 radical (unpaired) electrons. The fourth-order valence-electron chi connectivity index (χ4n) is 8.19. The molecule has 0 aromatic rings. The lowest BCUT2D eigenvalue weighted by molar-refractivity contribution is -0.0570. The van der Waals surface area contributed by atoms with E-state index in [1.165, 1.54) is 44.9 Å². The van der Waals surface area contributed by atoms with Crippen molar-refractivity contribution in [3.05, 3.63) is 11.6 Å². The van der Waals surface area contributed by atoms with Crippen LogP contribution in [-0.2, 0) is 0 Å². The standard InChI is InChI=1S/C24H41NO/c1-16(11-14-25-4)20-7-8-21-19-6-5-17-15-18(26)9-12-23(17,2)22(19)10-13-24(20,21)3/h5,16,18-22,25-26H,6-15H2,1-4H3/t16-,18+,19+,20-,21+,22+,23+,24-/m1/s1. The normalized spacial score (nSPS) is 49.0. The highest BCUT2D eigenvalue weighted by molar-refractivity contribution is 5.25. The van der Waals surface area contributed by atoms with Crippen LogP contribution >= 0.6 is 0 Å². The van der Waals surface area contributed by atoms with Gasteiger partial charge in [-0.15, -0.1) is 0 Å². The van der Waals surface area contributed by atoms with Crippen molar-refractivity contribution in [3.8, 4) is 0 Å². The summed E-state index contributed by atoms with van der Waals surface area (Å²) in [5, 5.41) is 13.5. The van der Waals surface area contributed by atoms with Gasteiger partial charge in [-0.1, -0.05) is 32.4 Å². The molecule has 2 nitrogen and oxygen atoms in total. The molecule has 3 fully saturated rings. The number of aliphatic hydroxyl groups is 1. The van der Waals surface area contributed by atoms with Crippen molar-refractivity contribution in [1.29, 1.82) is 0 Å². The Morgan fingerprint density at radius 3 is 2.73 bits per heavy atom. The highest BCUT2D eigenvalue weighted by Gasteiger charge is 2.58. The van der Waals surface area contributed by atoms with Crippen LogP contribution in [0.5, 0.6) is 0 Å². The van der Waals surface area contributed by atoms with Crippen molar-refractivity contribution in [2.75, 3.05) is 13.6 Å². The lowest BCUT2D eigenvalue weighted by Crippen LogP contribution is -2.50. The summed E-state index contributed by atoms with van der Waals surface area (Å²) in [5.41, 5.74) is 2.57. The first kappa shape index (κ1) is 19.0. The lowest BCUT2D eigenvalue weighted by atomic mass is 9.47. The molecule has 0 spiro atoms. The van der Waals surface area contributed by atoms with Gasteiger partial charge in [-0.2, -0.15) is 0 Å². The predicted molar refractivity (Wildman–Crippen MR) is 109 cm³/mol. The monoisotopic (exact) mass is 359 g/mol. The highest BCUT2D eigenvalue weighted by Crippen LogP contribution is 2.67. The number of nitrogens with one attached hydrogen (secondary N) is 1. The van der Waals surface area contributed by atoms with Crippen molar-refractivity contribution in [2.24, 2.45) is 40.4 Å². The van der Waals surface area contributed by atoms with Gasteiger partial charge in [0.05, 0.1) is 6.10 Å². The van der Waals surface area contributed by atoms with Crippen molar-refractivity contribution >= 4 is 0 Å². The van der Waals surface area contributed by atoms with Crippen molar-refractivity contribution < 1.29 is 5.11 Å². The van der Waals surface area contributed by atoms with Gasteiger partial charge in [0.1, 0.15) is 0 Å².